The van der Waals surface area contributed by atoms with Gasteiger partial charge >= 0.3 is 5.97 Å². The molecule has 0 radical (unpaired) electrons. The fourth-order valence-electron chi connectivity index (χ4n) is 1.39. The van der Waals surface area contributed by atoms with Gasteiger partial charge in [-0.3, -0.25) is 13.8 Å². The van der Waals surface area contributed by atoms with Crippen LogP contribution >= 0.6 is 11.6 Å². The second-order valence-corrected chi connectivity index (χ2v) is 5.90. The van der Waals surface area contributed by atoms with Crippen molar-refractivity contribution in [2.24, 2.45) is 0 Å². The topological polar surface area (TPSA) is 90.3 Å². The Hall–Kier alpha value is -1.41. The summed E-state index contributed by atoms with van der Waals surface area (Å²) < 4.78 is 16.3. The number of halogens is 1. The smallest absolute Gasteiger partial charge is 0.327 e. The fourth-order valence-corrected chi connectivity index (χ4v) is 2.15. The van der Waals surface area contributed by atoms with E-state index in [2.05, 4.69) is 15.2 Å². The van der Waals surface area contributed by atoms with Crippen LogP contribution in [0.1, 0.15) is 6.42 Å². The van der Waals surface area contributed by atoms with E-state index in [0.717, 1.165) is 4.68 Å². The Labute approximate surface area is 123 Å². The zero-order valence-corrected chi connectivity index (χ0v) is 12.8. The molecule has 1 unspecified atom stereocenters. The van der Waals surface area contributed by atoms with Crippen molar-refractivity contribution in [3.05, 3.63) is 21.6 Å². The molecule has 20 heavy (non-hydrogen) atoms. The lowest BCUT2D eigenvalue weighted by molar-refractivity contribution is -0.141. The van der Waals surface area contributed by atoms with Gasteiger partial charge in [-0.25, -0.2) is 4.68 Å². The largest absolute Gasteiger partial charge is 0.468 e. The zero-order valence-electron chi connectivity index (χ0n) is 11.2. The van der Waals surface area contributed by atoms with Crippen LogP contribution in [0, 0.1) is 0 Å². The second-order valence-electron chi connectivity index (χ2n) is 3.97. The number of carbonyl (C=O) groups is 1. The van der Waals surface area contributed by atoms with Gasteiger partial charge in [0.1, 0.15) is 11.6 Å². The molecule has 0 aliphatic heterocycles. The number of hydrogen-bond donors (Lipinski definition) is 1. The number of carbonyl (C=O) groups excluding carboxylic acids is 1. The van der Waals surface area contributed by atoms with Crippen molar-refractivity contribution in [2.45, 2.75) is 13.0 Å². The lowest BCUT2D eigenvalue weighted by atomic mass is 10.4. The van der Waals surface area contributed by atoms with Crippen molar-refractivity contribution in [1.82, 2.24) is 9.78 Å². The summed E-state index contributed by atoms with van der Waals surface area (Å²) in [6.07, 6.45) is 3.68. The molecule has 1 N–H and O–H groups in total. The molecule has 0 fully saturated rings. The minimum absolute atomic E-state index is 0.0403. The summed E-state index contributed by atoms with van der Waals surface area (Å²) in [5.74, 6) is -0.0147. The van der Waals surface area contributed by atoms with Crippen molar-refractivity contribution in [1.29, 1.82) is 0 Å². The van der Waals surface area contributed by atoms with E-state index in [-0.39, 0.29) is 11.6 Å². The molecule has 0 aliphatic rings. The summed E-state index contributed by atoms with van der Waals surface area (Å²) in [5, 5.41) is 6.74. The Bertz CT molecular complexity index is 561. The molecule has 0 amide bonds. The highest BCUT2D eigenvalue weighted by Gasteiger charge is 2.11. The first kappa shape index (κ1) is 16.6. The predicted molar refractivity (Wildman–Crippen MR) is 77.6 cm³/mol. The summed E-state index contributed by atoms with van der Waals surface area (Å²) in [6.45, 7) is 0.242. The highest BCUT2D eigenvalue weighted by Crippen LogP contribution is 2.14. The summed E-state index contributed by atoms with van der Waals surface area (Å²) in [6, 6.07) is 0. The molecule has 1 aromatic heterocycles. The summed E-state index contributed by atoms with van der Waals surface area (Å²) in [7, 11) is 0.374. The normalized spacial score (nSPS) is 11.9. The van der Waals surface area contributed by atoms with Crippen molar-refractivity contribution in [2.75, 3.05) is 31.0 Å². The van der Waals surface area contributed by atoms with Gasteiger partial charge in [0.25, 0.3) is 5.56 Å². The lowest BCUT2D eigenvalue weighted by Gasteiger charge is -2.09. The molecule has 0 aliphatic carbocycles. The van der Waals surface area contributed by atoms with E-state index in [1.54, 1.807) is 6.26 Å². The van der Waals surface area contributed by atoms with Crippen LogP contribution in [0.3, 0.4) is 0 Å². The van der Waals surface area contributed by atoms with Gasteiger partial charge in [0.15, 0.2) is 0 Å². The third-order valence-corrected chi connectivity index (χ3v) is 3.64. The fraction of sp³-hybridized carbons (Fsp3) is 0.545. The maximum atomic E-state index is 11.9. The Morgan fingerprint density at radius 2 is 2.30 bits per heavy atom. The van der Waals surface area contributed by atoms with Crippen LogP contribution in [0.2, 0.25) is 5.02 Å². The van der Waals surface area contributed by atoms with Crippen LogP contribution in [0.5, 0.6) is 0 Å². The van der Waals surface area contributed by atoms with Crippen LogP contribution < -0.4 is 10.9 Å². The number of rotatable bonds is 7. The van der Waals surface area contributed by atoms with E-state index in [4.69, 9.17) is 11.6 Å². The number of aromatic nitrogens is 2. The monoisotopic (exact) mass is 321 g/mol. The molecule has 9 heteroatoms. The minimum atomic E-state index is -0.851. The first-order chi connectivity index (χ1) is 9.45. The number of ether oxygens (including phenoxy) is 1. The number of nitrogens with zero attached hydrogens (tertiary/aromatic N) is 2. The van der Waals surface area contributed by atoms with Crippen molar-refractivity contribution in [3.8, 4) is 0 Å². The van der Waals surface area contributed by atoms with E-state index >= 15 is 0 Å². The average molecular weight is 322 g/mol. The standard InChI is InChI=1S/C11H16ClN3O4S/c1-19-9(16)7-15-11(17)10(12)8(6-14-15)13-4-3-5-20(2)18/h6,13H,3-5,7H2,1-2H3. The molecule has 1 aromatic rings. The quantitative estimate of drug-likeness (QED) is 0.572. The van der Waals surface area contributed by atoms with Crippen LogP contribution in [-0.4, -0.2) is 45.6 Å². The Balaban J connectivity index is 2.71. The molecule has 0 spiro atoms. The lowest BCUT2D eigenvalue weighted by Crippen LogP contribution is -2.28. The van der Waals surface area contributed by atoms with Gasteiger partial charge in [0, 0.05) is 29.4 Å². The molecular weight excluding hydrogens is 306 g/mol. The van der Waals surface area contributed by atoms with Crippen LogP contribution in [0.4, 0.5) is 5.69 Å². The van der Waals surface area contributed by atoms with Gasteiger partial charge < -0.3 is 10.1 Å². The third-order valence-electron chi connectivity index (χ3n) is 2.42. The molecule has 0 saturated heterocycles. The molecule has 0 bridgehead atoms. The van der Waals surface area contributed by atoms with Crippen molar-refractivity contribution in [3.63, 3.8) is 0 Å². The summed E-state index contributed by atoms with van der Waals surface area (Å²) in [4.78, 5) is 22.9. The first-order valence-corrected chi connectivity index (χ1v) is 7.92. The predicted octanol–water partition coefficient (Wildman–Crippen LogP) is 0.250. The van der Waals surface area contributed by atoms with E-state index in [9.17, 15) is 13.8 Å². The van der Waals surface area contributed by atoms with Gasteiger partial charge in [-0.1, -0.05) is 11.6 Å². The maximum Gasteiger partial charge on any atom is 0.327 e. The van der Waals surface area contributed by atoms with Crippen LogP contribution in [-0.2, 0) is 26.9 Å². The SMILES string of the molecule is COC(=O)Cn1ncc(NCCCS(C)=O)c(Cl)c1=O. The van der Waals surface area contributed by atoms with Crippen LogP contribution in [0.15, 0.2) is 11.0 Å². The number of hydrogen-bond acceptors (Lipinski definition) is 6. The van der Waals surface area contributed by atoms with Gasteiger partial charge in [0.05, 0.1) is 19.0 Å². The third kappa shape index (κ3) is 4.93. The average Bonchev–Trinajstić information content (AvgIpc) is 2.41. The molecule has 112 valence electrons. The maximum absolute atomic E-state index is 11.9. The molecular formula is C11H16ClN3O4S. The van der Waals surface area contributed by atoms with E-state index < -0.39 is 22.3 Å². The second kappa shape index (κ2) is 8.01. The van der Waals surface area contributed by atoms with Gasteiger partial charge in [-0.15, -0.1) is 0 Å². The van der Waals surface area contributed by atoms with E-state index in [1.807, 2.05) is 0 Å². The highest BCUT2D eigenvalue weighted by atomic mass is 35.5. The Kier molecular flexibility index (Phi) is 6.66. The number of methoxy groups -OCH3 is 1. The highest BCUT2D eigenvalue weighted by molar-refractivity contribution is 7.84. The van der Waals surface area contributed by atoms with Crippen LogP contribution in [0.25, 0.3) is 0 Å². The summed E-state index contributed by atoms with van der Waals surface area (Å²) in [5.41, 5.74) is -0.180. The molecule has 7 nitrogen and oxygen atoms in total. The Morgan fingerprint density at radius 1 is 1.60 bits per heavy atom. The van der Waals surface area contributed by atoms with E-state index in [0.29, 0.717) is 24.4 Å². The number of nitrogens with one attached hydrogen (secondary N) is 1. The first-order valence-electron chi connectivity index (χ1n) is 5.82. The molecule has 1 heterocycles. The molecule has 1 atom stereocenters. The zero-order chi connectivity index (χ0) is 15.1. The molecule has 1 rings (SSSR count). The van der Waals surface area contributed by atoms with Crippen molar-refractivity contribution < 1.29 is 13.7 Å². The molecule has 0 aromatic carbocycles. The van der Waals surface area contributed by atoms with E-state index in [1.165, 1.54) is 13.3 Å². The van der Waals surface area contributed by atoms with Crippen molar-refractivity contribution >= 4 is 34.1 Å². The summed E-state index contributed by atoms with van der Waals surface area (Å²) >= 11 is 5.92. The molecule has 0 saturated carbocycles. The number of esters is 1. The number of anilines is 1. The minimum Gasteiger partial charge on any atom is -0.468 e. The Morgan fingerprint density at radius 3 is 2.90 bits per heavy atom. The van der Waals surface area contributed by atoms with Gasteiger partial charge in [0.2, 0.25) is 0 Å². The van der Waals surface area contributed by atoms with Gasteiger partial charge in [-0.2, -0.15) is 5.10 Å². The van der Waals surface area contributed by atoms with Gasteiger partial charge in [-0.05, 0) is 6.42 Å².